The normalized spacial score (nSPS) is 18.1. The topological polar surface area (TPSA) is 17.0 Å². The van der Waals surface area contributed by atoms with Crippen LogP contribution in [0.1, 0.15) is 89.8 Å². The van der Waals surface area contributed by atoms with Crippen LogP contribution in [0.3, 0.4) is 0 Å². The van der Waals surface area contributed by atoms with Gasteiger partial charge in [-0.25, -0.2) is 8.96 Å². The molecule has 1 fully saturated rings. The van der Waals surface area contributed by atoms with E-state index < -0.39 is 0 Å². The van der Waals surface area contributed by atoms with Gasteiger partial charge in [-0.15, -0.1) is 0 Å². The van der Waals surface area contributed by atoms with Crippen molar-refractivity contribution in [1.82, 2.24) is 0 Å². The maximum atomic E-state index is 15.7. The third-order valence-electron chi connectivity index (χ3n) is 9.79. The highest BCUT2D eigenvalue weighted by molar-refractivity contribution is 6.13. The van der Waals surface area contributed by atoms with E-state index in [4.69, 9.17) is 4.42 Å². The first-order chi connectivity index (χ1) is 20.3. The summed E-state index contributed by atoms with van der Waals surface area (Å²) in [6.45, 7) is 16.0. The lowest BCUT2D eigenvalue weighted by molar-refractivity contribution is -0.660. The van der Waals surface area contributed by atoms with Crippen molar-refractivity contribution in [3.63, 3.8) is 0 Å². The molecule has 0 amide bonds. The van der Waals surface area contributed by atoms with Gasteiger partial charge in [-0.05, 0) is 96.1 Å². The summed E-state index contributed by atoms with van der Waals surface area (Å²) in [6.07, 6.45) is 8.14. The average Bonchev–Trinajstić information content (AvgIpc) is 3.31. The Morgan fingerprint density at radius 2 is 1.42 bits per heavy atom. The first-order valence-corrected chi connectivity index (χ1v) is 16.0. The SMILES string of the molecule is Cc1ccc2c(oc3c(-c4ccc(C5CCC(C(C)(C)C)CC5)cc4)c(F)ccc32)c1-c1cc(CC(C)(C)C)cc[n+]1C. The van der Waals surface area contributed by atoms with Crippen LogP contribution >= 0.6 is 0 Å². The molecule has 43 heavy (non-hydrogen) atoms. The molecule has 5 aromatic rings. The molecule has 224 valence electrons. The number of aromatic nitrogens is 1. The van der Waals surface area contributed by atoms with E-state index in [1.807, 2.05) is 6.07 Å². The fraction of sp³-hybridized carbons (Fsp3) is 0.425. The Kier molecular flexibility index (Phi) is 7.51. The van der Waals surface area contributed by atoms with E-state index in [0.29, 0.717) is 22.5 Å². The van der Waals surface area contributed by atoms with Crippen LogP contribution in [0.25, 0.3) is 44.3 Å². The molecule has 3 aromatic carbocycles. The molecule has 0 unspecified atom stereocenters. The number of rotatable bonds is 4. The fourth-order valence-electron chi connectivity index (χ4n) is 7.36. The van der Waals surface area contributed by atoms with Crippen LogP contribution in [0, 0.1) is 29.5 Å². The van der Waals surface area contributed by atoms with E-state index in [1.165, 1.54) is 36.8 Å². The van der Waals surface area contributed by atoms with Gasteiger partial charge in [0.1, 0.15) is 24.0 Å². The van der Waals surface area contributed by atoms with Gasteiger partial charge in [0.15, 0.2) is 6.20 Å². The summed E-state index contributed by atoms with van der Waals surface area (Å²) in [6, 6.07) is 20.9. The molecule has 1 aliphatic rings. The summed E-state index contributed by atoms with van der Waals surface area (Å²) in [5, 5.41) is 1.97. The average molecular weight is 577 g/mol. The number of nitrogens with zero attached hydrogens (tertiary/aromatic N) is 1. The van der Waals surface area contributed by atoms with Gasteiger partial charge >= 0.3 is 0 Å². The van der Waals surface area contributed by atoms with Crippen molar-refractivity contribution in [2.24, 2.45) is 23.8 Å². The van der Waals surface area contributed by atoms with E-state index in [2.05, 4.69) is 115 Å². The van der Waals surface area contributed by atoms with E-state index in [1.54, 1.807) is 6.07 Å². The smallest absolute Gasteiger partial charge is 0.216 e. The molecule has 2 heterocycles. The lowest BCUT2D eigenvalue weighted by atomic mass is 9.68. The van der Waals surface area contributed by atoms with Crippen molar-refractivity contribution < 1.29 is 13.4 Å². The zero-order valence-electron chi connectivity index (χ0n) is 27.3. The third-order valence-corrected chi connectivity index (χ3v) is 9.79. The molecule has 3 heteroatoms. The monoisotopic (exact) mass is 576 g/mol. The fourth-order valence-corrected chi connectivity index (χ4v) is 7.36. The van der Waals surface area contributed by atoms with Crippen molar-refractivity contribution in [1.29, 1.82) is 0 Å². The highest BCUT2D eigenvalue weighted by Crippen LogP contribution is 2.45. The van der Waals surface area contributed by atoms with Crippen molar-refractivity contribution >= 4 is 21.9 Å². The van der Waals surface area contributed by atoms with Crippen LogP contribution in [0.5, 0.6) is 0 Å². The zero-order chi connectivity index (χ0) is 30.7. The van der Waals surface area contributed by atoms with Gasteiger partial charge in [0.25, 0.3) is 0 Å². The summed E-state index contributed by atoms with van der Waals surface area (Å²) in [4.78, 5) is 0. The predicted octanol–water partition coefficient (Wildman–Crippen LogP) is 11.1. The number of hydrogen-bond acceptors (Lipinski definition) is 1. The lowest BCUT2D eigenvalue weighted by Crippen LogP contribution is -2.31. The number of furan rings is 1. The van der Waals surface area contributed by atoms with Crippen LogP contribution in [-0.2, 0) is 13.5 Å². The summed E-state index contributed by atoms with van der Waals surface area (Å²) >= 11 is 0. The van der Waals surface area contributed by atoms with Crippen molar-refractivity contribution in [3.8, 4) is 22.4 Å². The second kappa shape index (κ2) is 10.9. The molecular formula is C40H47FNO+. The Bertz CT molecular complexity index is 1790. The summed E-state index contributed by atoms with van der Waals surface area (Å²) in [5.74, 6) is 1.13. The van der Waals surface area contributed by atoms with Crippen molar-refractivity contribution in [2.75, 3.05) is 0 Å². The van der Waals surface area contributed by atoms with Gasteiger partial charge in [0.2, 0.25) is 5.69 Å². The van der Waals surface area contributed by atoms with Crippen LogP contribution < -0.4 is 4.57 Å². The first-order valence-electron chi connectivity index (χ1n) is 16.0. The first kappa shape index (κ1) is 29.6. The minimum absolute atomic E-state index is 0.186. The maximum Gasteiger partial charge on any atom is 0.216 e. The highest BCUT2D eigenvalue weighted by atomic mass is 19.1. The minimum atomic E-state index is -0.249. The van der Waals surface area contributed by atoms with Crippen LogP contribution in [0.15, 0.2) is 71.3 Å². The molecule has 2 nitrogen and oxygen atoms in total. The van der Waals surface area contributed by atoms with Crippen LogP contribution in [0.2, 0.25) is 0 Å². The Morgan fingerprint density at radius 3 is 2.05 bits per heavy atom. The molecule has 6 rings (SSSR count). The van der Waals surface area contributed by atoms with Crippen LogP contribution in [-0.4, -0.2) is 0 Å². The summed E-state index contributed by atoms with van der Waals surface area (Å²) in [7, 11) is 2.08. The number of aryl methyl sites for hydroxylation is 2. The molecule has 0 bridgehead atoms. The largest absolute Gasteiger partial charge is 0.454 e. The van der Waals surface area contributed by atoms with E-state index >= 15 is 4.39 Å². The zero-order valence-corrected chi connectivity index (χ0v) is 27.3. The summed E-state index contributed by atoms with van der Waals surface area (Å²) in [5.41, 5.74) is 9.40. The van der Waals surface area contributed by atoms with Crippen molar-refractivity contribution in [2.45, 2.75) is 86.5 Å². The standard InChI is InChI=1S/C40H47FNO/c1-25-9-18-31-32-19-20-33(41)36(29-12-10-27(11-13-29)28-14-16-30(17-15-28)40(5,6)7)38(32)43-37(31)35(25)34-23-26(21-22-42(34)8)24-39(2,3)4/h9-13,18-23,28,30H,14-17,24H2,1-8H3/q+1. The van der Waals surface area contributed by atoms with E-state index in [0.717, 1.165) is 51.1 Å². The molecule has 1 saturated carbocycles. The minimum Gasteiger partial charge on any atom is -0.454 e. The predicted molar refractivity (Wildman–Crippen MR) is 178 cm³/mol. The number of halogens is 1. The van der Waals surface area contributed by atoms with E-state index in [9.17, 15) is 0 Å². The van der Waals surface area contributed by atoms with Gasteiger partial charge in [0.05, 0.1) is 11.1 Å². The maximum absolute atomic E-state index is 15.7. The number of hydrogen-bond donors (Lipinski definition) is 0. The Labute approximate surface area is 256 Å². The molecule has 0 atom stereocenters. The second-order valence-corrected chi connectivity index (χ2v) is 15.3. The molecular weight excluding hydrogens is 529 g/mol. The van der Waals surface area contributed by atoms with Crippen LogP contribution in [0.4, 0.5) is 4.39 Å². The Morgan fingerprint density at radius 1 is 0.791 bits per heavy atom. The lowest BCUT2D eigenvalue weighted by Gasteiger charge is -2.37. The second-order valence-electron chi connectivity index (χ2n) is 15.3. The van der Waals surface area contributed by atoms with Gasteiger partial charge in [-0.1, -0.05) is 77.9 Å². The molecule has 0 N–H and O–H groups in total. The van der Waals surface area contributed by atoms with Gasteiger partial charge in [0, 0.05) is 22.9 Å². The third kappa shape index (κ3) is 5.76. The quantitative estimate of drug-likeness (QED) is 0.195. The number of pyridine rings is 1. The number of benzene rings is 3. The van der Waals surface area contributed by atoms with Crippen molar-refractivity contribution in [3.05, 3.63) is 89.4 Å². The molecule has 0 radical (unpaired) electrons. The van der Waals surface area contributed by atoms with E-state index in [-0.39, 0.29) is 11.2 Å². The number of fused-ring (bicyclic) bond motifs is 3. The molecule has 0 saturated heterocycles. The highest BCUT2D eigenvalue weighted by Gasteiger charge is 2.30. The Hall–Kier alpha value is -3.46. The van der Waals surface area contributed by atoms with Gasteiger partial charge < -0.3 is 4.42 Å². The van der Waals surface area contributed by atoms with Gasteiger partial charge in [-0.3, -0.25) is 0 Å². The molecule has 0 spiro atoms. The Balaban J connectivity index is 1.41. The molecule has 0 aliphatic heterocycles. The molecule has 2 aromatic heterocycles. The van der Waals surface area contributed by atoms with Gasteiger partial charge in [-0.2, -0.15) is 0 Å². The molecule has 1 aliphatic carbocycles. The summed E-state index contributed by atoms with van der Waals surface area (Å²) < 4.78 is 24.5.